The van der Waals surface area contributed by atoms with Gasteiger partial charge in [-0.2, -0.15) is 0 Å². The third-order valence-electron chi connectivity index (χ3n) is 1.81. The summed E-state index contributed by atoms with van der Waals surface area (Å²) in [6.07, 6.45) is 1.40. The molecule has 0 amide bonds. The second-order valence-corrected chi connectivity index (χ2v) is 3.22. The van der Waals surface area contributed by atoms with Crippen molar-refractivity contribution in [3.05, 3.63) is 23.3 Å². The molecule has 0 unspecified atom stereocenters. The van der Waals surface area contributed by atoms with Crippen LogP contribution in [-0.2, 0) is 4.79 Å². The molecule has 1 aromatic heterocycles. The minimum absolute atomic E-state index is 0.0761. The highest BCUT2D eigenvalue weighted by Crippen LogP contribution is 2.07. The Bertz CT molecular complexity index is 386. The summed E-state index contributed by atoms with van der Waals surface area (Å²) >= 11 is 0. The van der Waals surface area contributed by atoms with E-state index in [-0.39, 0.29) is 18.0 Å². The molecule has 1 rings (SSSR count). The van der Waals surface area contributed by atoms with E-state index in [0.29, 0.717) is 17.1 Å². The largest absolute Gasteiger partial charge is 0.300 e. The van der Waals surface area contributed by atoms with Gasteiger partial charge in [-0.25, -0.2) is 9.97 Å². The molecule has 1 heterocycles. The quantitative estimate of drug-likeness (QED) is 0.534. The first-order valence-electron chi connectivity index (χ1n) is 4.33. The van der Waals surface area contributed by atoms with Crippen molar-refractivity contribution < 1.29 is 9.59 Å². The van der Waals surface area contributed by atoms with E-state index in [9.17, 15) is 9.59 Å². The van der Waals surface area contributed by atoms with Gasteiger partial charge in [0.1, 0.15) is 11.6 Å². The summed E-state index contributed by atoms with van der Waals surface area (Å²) < 4.78 is 0. The summed E-state index contributed by atoms with van der Waals surface area (Å²) in [6.45, 7) is 4.89. The molecule has 0 N–H and O–H groups in total. The molecular weight excluding hydrogens is 180 g/mol. The molecule has 74 valence electrons. The fourth-order valence-electron chi connectivity index (χ4n) is 1.18. The molecule has 4 nitrogen and oxygen atoms in total. The number of carbonyl (C=O) groups is 2. The van der Waals surface area contributed by atoms with Crippen LogP contribution in [0.5, 0.6) is 0 Å². The number of aromatic nitrogens is 2. The molecule has 0 aliphatic rings. The molecular formula is C10H12N2O2. The van der Waals surface area contributed by atoms with E-state index in [1.807, 2.05) is 0 Å². The molecule has 0 aliphatic heterocycles. The van der Waals surface area contributed by atoms with Crippen molar-refractivity contribution in [2.24, 2.45) is 0 Å². The molecule has 0 atom stereocenters. The molecule has 0 radical (unpaired) electrons. The van der Waals surface area contributed by atoms with Crippen LogP contribution in [0.2, 0.25) is 0 Å². The minimum atomic E-state index is -0.213. The number of ketones is 2. The van der Waals surface area contributed by atoms with Crippen LogP contribution in [0.15, 0.2) is 6.20 Å². The monoisotopic (exact) mass is 192 g/mol. The fourth-order valence-corrected chi connectivity index (χ4v) is 1.18. The Kier molecular flexibility index (Phi) is 3.06. The lowest BCUT2D eigenvalue weighted by Gasteiger charge is -2.02. The molecule has 0 spiro atoms. The van der Waals surface area contributed by atoms with E-state index in [0.717, 1.165) is 0 Å². The third kappa shape index (κ3) is 2.45. The molecule has 14 heavy (non-hydrogen) atoms. The Morgan fingerprint density at radius 3 is 2.50 bits per heavy atom. The summed E-state index contributed by atoms with van der Waals surface area (Å²) in [5.74, 6) is 0.270. The van der Waals surface area contributed by atoms with Gasteiger partial charge in [0.25, 0.3) is 0 Å². The highest BCUT2D eigenvalue weighted by molar-refractivity contribution is 6.07. The maximum absolute atomic E-state index is 11.5. The minimum Gasteiger partial charge on any atom is -0.300 e. The van der Waals surface area contributed by atoms with Gasteiger partial charge in [0, 0.05) is 6.20 Å². The molecule has 0 fully saturated rings. The number of hydrogen-bond donors (Lipinski definition) is 0. The molecule has 0 aromatic carbocycles. The third-order valence-corrected chi connectivity index (χ3v) is 1.81. The smallest absolute Gasteiger partial charge is 0.173 e. The topological polar surface area (TPSA) is 59.9 Å². The Hall–Kier alpha value is -1.58. The SMILES string of the molecule is CC(=O)CC(=O)c1cnc(C)nc1C. The van der Waals surface area contributed by atoms with Crippen LogP contribution < -0.4 is 0 Å². The predicted molar refractivity (Wildman–Crippen MR) is 51.1 cm³/mol. The van der Waals surface area contributed by atoms with Gasteiger partial charge in [-0.1, -0.05) is 0 Å². The van der Waals surface area contributed by atoms with Crippen LogP contribution in [0.1, 0.15) is 35.2 Å². The maximum Gasteiger partial charge on any atom is 0.173 e. The van der Waals surface area contributed by atoms with Crippen molar-refractivity contribution in [2.45, 2.75) is 27.2 Å². The first kappa shape index (κ1) is 10.5. The van der Waals surface area contributed by atoms with Gasteiger partial charge in [-0.15, -0.1) is 0 Å². The van der Waals surface area contributed by atoms with Gasteiger partial charge in [-0.05, 0) is 20.8 Å². The van der Waals surface area contributed by atoms with E-state index in [1.54, 1.807) is 13.8 Å². The zero-order chi connectivity index (χ0) is 10.7. The lowest BCUT2D eigenvalue weighted by atomic mass is 10.1. The van der Waals surface area contributed by atoms with Gasteiger partial charge in [-0.3, -0.25) is 9.59 Å². The highest BCUT2D eigenvalue weighted by Gasteiger charge is 2.12. The number of carbonyl (C=O) groups excluding carboxylic acids is 2. The predicted octanol–water partition coefficient (Wildman–Crippen LogP) is 1.26. The Morgan fingerprint density at radius 1 is 1.36 bits per heavy atom. The molecule has 1 aromatic rings. The number of hydrogen-bond acceptors (Lipinski definition) is 4. The second kappa shape index (κ2) is 4.09. The number of Topliss-reactive ketones (excluding diaryl/α,β-unsaturated/α-hetero) is 2. The Morgan fingerprint density at radius 2 is 2.00 bits per heavy atom. The van der Waals surface area contributed by atoms with Crippen molar-refractivity contribution in [3.8, 4) is 0 Å². The lowest BCUT2D eigenvalue weighted by molar-refractivity contribution is -0.116. The van der Waals surface area contributed by atoms with Gasteiger partial charge >= 0.3 is 0 Å². The first-order valence-corrected chi connectivity index (χ1v) is 4.33. The summed E-state index contributed by atoms with van der Waals surface area (Å²) in [4.78, 5) is 30.2. The highest BCUT2D eigenvalue weighted by atomic mass is 16.1. The molecule has 0 bridgehead atoms. The van der Waals surface area contributed by atoms with Crippen LogP contribution in [0.4, 0.5) is 0 Å². The van der Waals surface area contributed by atoms with E-state index < -0.39 is 0 Å². The number of aryl methyl sites for hydroxylation is 2. The van der Waals surface area contributed by atoms with Crippen LogP contribution in [0.3, 0.4) is 0 Å². The Balaban J connectivity index is 2.96. The summed E-state index contributed by atoms with van der Waals surface area (Å²) in [7, 11) is 0. The van der Waals surface area contributed by atoms with Crippen LogP contribution in [-0.4, -0.2) is 21.5 Å². The summed E-state index contributed by atoms with van der Waals surface area (Å²) in [5.41, 5.74) is 1.06. The van der Waals surface area contributed by atoms with E-state index >= 15 is 0 Å². The number of rotatable bonds is 3. The number of nitrogens with zero attached hydrogens (tertiary/aromatic N) is 2. The molecule has 0 saturated carbocycles. The zero-order valence-electron chi connectivity index (χ0n) is 8.50. The first-order chi connectivity index (χ1) is 6.50. The van der Waals surface area contributed by atoms with Crippen molar-refractivity contribution >= 4 is 11.6 Å². The molecule has 4 heteroatoms. The fraction of sp³-hybridized carbons (Fsp3) is 0.400. The van der Waals surface area contributed by atoms with Crippen molar-refractivity contribution in [1.82, 2.24) is 9.97 Å². The lowest BCUT2D eigenvalue weighted by Crippen LogP contribution is -2.09. The van der Waals surface area contributed by atoms with Crippen molar-refractivity contribution in [3.63, 3.8) is 0 Å². The van der Waals surface area contributed by atoms with Gasteiger partial charge in [0.15, 0.2) is 5.78 Å². The van der Waals surface area contributed by atoms with Crippen molar-refractivity contribution in [1.29, 1.82) is 0 Å². The van der Waals surface area contributed by atoms with Crippen LogP contribution >= 0.6 is 0 Å². The average molecular weight is 192 g/mol. The van der Waals surface area contributed by atoms with Crippen LogP contribution in [0, 0.1) is 13.8 Å². The summed E-state index contributed by atoms with van der Waals surface area (Å²) in [5, 5.41) is 0. The van der Waals surface area contributed by atoms with Gasteiger partial charge < -0.3 is 0 Å². The van der Waals surface area contributed by atoms with Crippen LogP contribution in [0.25, 0.3) is 0 Å². The summed E-state index contributed by atoms with van der Waals surface area (Å²) in [6, 6.07) is 0. The standard InChI is InChI=1S/C10H12N2O2/c1-6(13)4-10(14)9-5-11-8(3)12-7(9)2/h5H,4H2,1-3H3. The second-order valence-electron chi connectivity index (χ2n) is 3.22. The average Bonchev–Trinajstić information content (AvgIpc) is 2.01. The normalized spacial score (nSPS) is 9.93. The maximum atomic E-state index is 11.5. The van der Waals surface area contributed by atoms with E-state index in [4.69, 9.17) is 0 Å². The van der Waals surface area contributed by atoms with Gasteiger partial charge in [0.05, 0.1) is 17.7 Å². The Labute approximate surface area is 82.4 Å². The van der Waals surface area contributed by atoms with E-state index in [2.05, 4.69) is 9.97 Å². The van der Waals surface area contributed by atoms with E-state index in [1.165, 1.54) is 13.1 Å². The van der Waals surface area contributed by atoms with Crippen molar-refractivity contribution in [2.75, 3.05) is 0 Å². The van der Waals surface area contributed by atoms with Gasteiger partial charge in [0.2, 0.25) is 0 Å². The zero-order valence-corrected chi connectivity index (χ0v) is 8.50. The molecule has 0 saturated heterocycles. The molecule has 0 aliphatic carbocycles.